The lowest BCUT2D eigenvalue weighted by molar-refractivity contribution is 0.382. The maximum atomic E-state index is 13.6. The highest BCUT2D eigenvalue weighted by Crippen LogP contribution is 2.49. The smallest absolute Gasteiger partial charge is 0.343 e. The number of aromatic amines is 1. The number of nitrogens with zero attached hydrogens (tertiary/aromatic N) is 4. The first-order chi connectivity index (χ1) is 18.4. The highest BCUT2D eigenvalue weighted by Gasteiger charge is 2.39. The highest BCUT2D eigenvalue weighted by molar-refractivity contribution is 7.92. The van der Waals surface area contributed by atoms with Gasteiger partial charge < -0.3 is 14.5 Å². The lowest BCUT2D eigenvalue weighted by atomic mass is 9.85. The summed E-state index contributed by atoms with van der Waals surface area (Å²) in [5, 5.41) is 11.2. The van der Waals surface area contributed by atoms with Gasteiger partial charge in [0.2, 0.25) is 5.03 Å². The number of hydrogen-bond acceptors (Lipinski definition) is 8. The van der Waals surface area contributed by atoms with Crippen molar-refractivity contribution in [3.8, 4) is 5.75 Å². The molecule has 3 aromatic heterocycles. The standard InChI is InChI=1S/C27H29N5O5S/c1-32(38(35,36)26-23-25(29-14-28-23)30-15-31-26)18-8-6-7-17(13-18)21(16-11-12-16)22-24(33)19-9-4-2-3-5-10-20(19)37-27(22)34/h6-8,13-16,21,33H,2-5,9-12H2,1H3,(H,28,29,30,31). The number of aromatic nitrogens is 4. The maximum absolute atomic E-state index is 13.6. The Morgan fingerprint density at radius 3 is 2.68 bits per heavy atom. The van der Waals surface area contributed by atoms with Gasteiger partial charge in [-0.2, -0.15) is 8.42 Å². The van der Waals surface area contributed by atoms with E-state index in [1.807, 2.05) is 6.07 Å². The van der Waals surface area contributed by atoms with Crippen LogP contribution in [-0.2, 0) is 22.9 Å². The molecule has 1 aromatic carbocycles. The molecule has 3 heterocycles. The van der Waals surface area contributed by atoms with Gasteiger partial charge in [0.1, 0.15) is 23.4 Å². The molecule has 0 amide bonds. The molecule has 11 heteroatoms. The first-order valence-electron chi connectivity index (χ1n) is 13.0. The normalized spacial score (nSPS) is 17.0. The zero-order chi connectivity index (χ0) is 26.4. The zero-order valence-corrected chi connectivity index (χ0v) is 21.9. The van der Waals surface area contributed by atoms with Crippen molar-refractivity contribution >= 4 is 26.9 Å². The summed E-state index contributed by atoms with van der Waals surface area (Å²) in [6.07, 6.45) is 9.74. The number of aromatic hydroxyl groups is 1. The lowest BCUT2D eigenvalue weighted by Crippen LogP contribution is -2.28. The van der Waals surface area contributed by atoms with Gasteiger partial charge in [-0.15, -0.1) is 0 Å². The van der Waals surface area contributed by atoms with Crippen molar-refractivity contribution in [2.75, 3.05) is 11.4 Å². The number of H-pyrrole nitrogens is 1. The third kappa shape index (κ3) is 4.24. The molecule has 198 valence electrons. The van der Waals surface area contributed by atoms with Crippen molar-refractivity contribution in [2.24, 2.45) is 5.92 Å². The van der Waals surface area contributed by atoms with E-state index in [4.69, 9.17) is 4.42 Å². The number of rotatable bonds is 6. The van der Waals surface area contributed by atoms with Gasteiger partial charge in [-0.1, -0.05) is 25.0 Å². The van der Waals surface area contributed by atoms with Crippen LogP contribution in [0.5, 0.6) is 5.75 Å². The molecule has 1 unspecified atom stereocenters. The maximum Gasteiger partial charge on any atom is 0.343 e. The van der Waals surface area contributed by atoms with Gasteiger partial charge in [0.05, 0.1) is 17.6 Å². The Labute approximate surface area is 219 Å². The van der Waals surface area contributed by atoms with Gasteiger partial charge in [0.15, 0.2) is 5.65 Å². The van der Waals surface area contributed by atoms with Gasteiger partial charge >= 0.3 is 5.63 Å². The van der Waals surface area contributed by atoms with Crippen molar-refractivity contribution < 1.29 is 17.9 Å². The van der Waals surface area contributed by atoms with E-state index in [9.17, 15) is 18.3 Å². The second kappa shape index (κ2) is 9.54. The second-order valence-electron chi connectivity index (χ2n) is 10.1. The number of sulfonamides is 1. The number of hydrogen-bond donors (Lipinski definition) is 2. The molecule has 2 aliphatic rings. The highest BCUT2D eigenvalue weighted by atomic mass is 32.2. The Morgan fingerprint density at radius 1 is 1.11 bits per heavy atom. The molecule has 1 fully saturated rings. The third-order valence-corrected chi connectivity index (χ3v) is 9.41. The molecule has 38 heavy (non-hydrogen) atoms. The molecule has 10 nitrogen and oxygen atoms in total. The van der Waals surface area contributed by atoms with E-state index in [0.29, 0.717) is 24.3 Å². The van der Waals surface area contributed by atoms with E-state index in [2.05, 4.69) is 19.9 Å². The minimum Gasteiger partial charge on any atom is -0.507 e. The Kier molecular flexibility index (Phi) is 6.17. The number of imidazole rings is 1. The minimum absolute atomic E-state index is 0.0454. The van der Waals surface area contributed by atoms with Gasteiger partial charge in [-0.05, 0) is 55.7 Å². The summed E-state index contributed by atoms with van der Waals surface area (Å²) < 4.78 is 34.1. The molecule has 1 atom stereocenters. The first kappa shape index (κ1) is 24.6. The Bertz CT molecular complexity index is 1670. The van der Waals surface area contributed by atoms with Crippen LogP contribution in [0.2, 0.25) is 0 Å². The fraction of sp³-hybridized carbons (Fsp3) is 0.407. The van der Waals surface area contributed by atoms with Gasteiger partial charge in [-0.3, -0.25) is 4.31 Å². The summed E-state index contributed by atoms with van der Waals surface area (Å²) in [6.45, 7) is 0. The number of aryl methyl sites for hydroxylation is 1. The average Bonchev–Trinajstić information content (AvgIpc) is 3.61. The fourth-order valence-electron chi connectivity index (χ4n) is 5.52. The SMILES string of the molecule is CN(c1cccc(C(c2c(O)c3c(oc2=O)CCCCCC3)C2CC2)c1)S(=O)(=O)c1ncnc2nc[nH]c12. The van der Waals surface area contributed by atoms with Crippen molar-refractivity contribution in [1.82, 2.24) is 19.9 Å². The quantitative estimate of drug-likeness (QED) is 0.352. The summed E-state index contributed by atoms with van der Waals surface area (Å²) in [5.74, 6) is 0.416. The molecular weight excluding hydrogens is 506 g/mol. The Balaban J connectivity index is 1.41. The van der Waals surface area contributed by atoms with Crippen molar-refractivity contribution in [2.45, 2.75) is 62.3 Å². The molecule has 1 saturated carbocycles. The van der Waals surface area contributed by atoms with E-state index in [1.54, 1.807) is 18.2 Å². The molecule has 0 bridgehead atoms. The third-order valence-electron chi connectivity index (χ3n) is 7.68. The molecule has 2 N–H and O–H groups in total. The van der Waals surface area contributed by atoms with Gasteiger partial charge in [0, 0.05) is 24.9 Å². The van der Waals surface area contributed by atoms with Gasteiger partial charge in [-0.25, -0.2) is 19.7 Å². The minimum atomic E-state index is -4.05. The van der Waals surface area contributed by atoms with Crippen LogP contribution in [0.25, 0.3) is 11.2 Å². The van der Waals surface area contributed by atoms with Crippen molar-refractivity contribution in [1.29, 1.82) is 0 Å². The lowest BCUT2D eigenvalue weighted by Gasteiger charge is -2.23. The summed E-state index contributed by atoms with van der Waals surface area (Å²) >= 11 is 0. The van der Waals surface area contributed by atoms with Crippen molar-refractivity contribution in [3.05, 3.63) is 69.8 Å². The largest absolute Gasteiger partial charge is 0.507 e. The summed E-state index contributed by atoms with van der Waals surface area (Å²) in [7, 11) is -2.59. The number of fused-ring (bicyclic) bond motifs is 2. The average molecular weight is 536 g/mol. The predicted octanol–water partition coefficient (Wildman–Crippen LogP) is 4.04. The van der Waals surface area contributed by atoms with Crippen LogP contribution >= 0.6 is 0 Å². The van der Waals surface area contributed by atoms with Crippen molar-refractivity contribution in [3.63, 3.8) is 0 Å². The molecule has 4 aromatic rings. The van der Waals surface area contributed by atoms with Crippen LogP contribution in [0.15, 0.2) is 51.2 Å². The molecule has 6 rings (SSSR count). The van der Waals surface area contributed by atoms with Crippen LogP contribution in [0.3, 0.4) is 0 Å². The zero-order valence-electron chi connectivity index (χ0n) is 21.1. The molecule has 0 spiro atoms. The van der Waals surface area contributed by atoms with Crippen LogP contribution < -0.4 is 9.93 Å². The monoisotopic (exact) mass is 535 g/mol. The second-order valence-corrected chi connectivity index (χ2v) is 12.0. The van der Waals surface area contributed by atoms with E-state index < -0.39 is 21.6 Å². The van der Waals surface area contributed by atoms with Gasteiger partial charge in [0.25, 0.3) is 10.0 Å². The number of nitrogens with one attached hydrogen (secondary N) is 1. The Morgan fingerprint density at radius 2 is 1.89 bits per heavy atom. The molecule has 0 aliphatic heterocycles. The summed E-state index contributed by atoms with van der Waals surface area (Å²) in [4.78, 5) is 28.1. The van der Waals surface area contributed by atoms with E-state index in [-0.39, 0.29) is 33.4 Å². The predicted molar refractivity (Wildman–Crippen MR) is 141 cm³/mol. The Hall–Kier alpha value is -3.73. The molecular formula is C27H29N5O5S. The molecule has 0 saturated heterocycles. The topological polar surface area (TPSA) is 142 Å². The van der Waals surface area contributed by atoms with Crippen LogP contribution in [0.4, 0.5) is 5.69 Å². The number of anilines is 1. The van der Waals surface area contributed by atoms with E-state index in [1.165, 1.54) is 19.7 Å². The number of benzene rings is 1. The van der Waals surface area contributed by atoms with Crippen LogP contribution in [0, 0.1) is 5.92 Å². The van der Waals surface area contributed by atoms with Crippen LogP contribution in [0.1, 0.15) is 66.9 Å². The van der Waals surface area contributed by atoms with Crippen LogP contribution in [-0.4, -0.2) is 40.5 Å². The molecule has 2 aliphatic carbocycles. The van der Waals surface area contributed by atoms with E-state index >= 15 is 0 Å². The summed E-state index contributed by atoms with van der Waals surface area (Å²) in [5.41, 5.74) is 2.18. The first-order valence-corrected chi connectivity index (χ1v) is 14.4. The molecule has 0 radical (unpaired) electrons. The van der Waals surface area contributed by atoms with E-state index in [0.717, 1.165) is 54.0 Å². The summed E-state index contributed by atoms with van der Waals surface area (Å²) in [6, 6.07) is 7.10. The fourth-order valence-corrected chi connectivity index (χ4v) is 6.76.